The average molecular weight is 106 g/mol. The number of nitriles is 1. The summed E-state index contributed by atoms with van der Waals surface area (Å²) in [7, 11) is 0. The summed E-state index contributed by atoms with van der Waals surface area (Å²) in [5.74, 6) is 0. The molecule has 0 aromatic rings. The van der Waals surface area contributed by atoms with Crippen molar-refractivity contribution in [2.45, 2.75) is 6.42 Å². The first kappa shape index (κ1) is 5.04. The molecule has 2 nitrogen and oxygen atoms in total. The van der Waals surface area contributed by atoms with Crippen molar-refractivity contribution in [3.63, 3.8) is 0 Å². The van der Waals surface area contributed by atoms with Crippen molar-refractivity contribution in [2.24, 2.45) is 4.99 Å². The highest BCUT2D eigenvalue weighted by Gasteiger charge is 1.92. The van der Waals surface area contributed by atoms with Gasteiger partial charge < -0.3 is 0 Å². The summed E-state index contributed by atoms with van der Waals surface area (Å²) in [4.78, 5) is 3.92. The lowest BCUT2D eigenvalue weighted by Crippen LogP contribution is -1.95. The maximum absolute atomic E-state index is 8.26. The summed E-state index contributed by atoms with van der Waals surface area (Å²) in [6, 6.07) is 1.97. The van der Waals surface area contributed by atoms with E-state index in [0.717, 1.165) is 13.0 Å². The minimum absolute atomic E-state index is 0.552. The zero-order valence-corrected chi connectivity index (χ0v) is 4.46. The molecule has 0 saturated heterocycles. The van der Waals surface area contributed by atoms with Crippen molar-refractivity contribution in [2.75, 3.05) is 6.54 Å². The van der Waals surface area contributed by atoms with E-state index in [9.17, 15) is 0 Å². The Morgan fingerprint density at radius 2 is 2.62 bits per heavy atom. The Morgan fingerprint density at radius 1 is 1.75 bits per heavy atom. The molecule has 0 bridgehead atoms. The van der Waals surface area contributed by atoms with Crippen LogP contribution in [-0.4, -0.2) is 12.3 Å². The summed E-state index contributed by atoms with van der Waals surface area (Å²) in [6.45, 7) is 0.777. The third-order valence-electron chi connectivity index (χ3n) is 0.968. The fourth-order valence-electron chi connectivity index (χ4n) is 0.580. The van der Waals surface area contributed by atoms with Crippen molar-refractivity contribution in [1.29, 1.82) is 5.26 Å². The van der Waals surface area contributed by atoms with Gasteiger partial charge in [-0.15, -0.1) is 0 Å². The van der Waals surface area contributed by atoms with Crippen molar-refractivity contribution >= 4 is 5.71 Å². The molecule has 0 spiro atoms. The first-order chi connectivity index (χ1) is 3.93. The molecular formula is C6H6N2. The zero-order valence-electron chi connectivity index (χ0n) is 4.46. The van der Waals surface area contributed by atoms with Gasteiger partial charge in [0.15, 0.2) is 0 Å². The first-order valence-corrected chi connectivity index (χ1v) is 2.54. The topological polar surface area (TPSA) is 36.1 Å². The number of rotatable bonds is 0. The van der Waals surface area contributed by atoms with E-state index in [1.807, 2.05) is 12.1 Å². The predicted octanol–water partition coefficient (Wildman–Crippen LogP) is 0.911. The van der Waals surface area contributed by atoms with E-state index in [1.54, 1.807) is 6.08 Å². The van der Waals surface area contributed by atoms with Gasteiger partial charge >= 0.3 is 0 Å². The normalized spacial score (nSPS) is 17.1. The number of nitrogens with zero attached hydrogens (tertiary/aromatic N) is 2. The smallest absolute Gasteiger partial charge is 0.134 e. The van der Waals surface area contributed by atoms with Crippen LogP contribution in [0.15, 0.2) is 17.1 Å². The molecular weight excluding hydrogens is 100 g/mol. The Morgan fingerprint density at radius 3 is 3.00 bits per heavy atom. The molecule has 1 heterocycles. The van der Waals surface area contributed by atoms with Crippen LogP contribution in [0.4, 0.5) is 0 Å². The third-order valence-corrected chi connectivity index (χ3v) is 0.968. The molecule has 0 radical (unpaired) electrons. The van der Waals surface area contributed by atoms with Crippen molar-refractivity contribution in [3.8, 4) is 6.07 Å². The molecule has 0 aromatic heterocycles. The van der Waals surface area contributed by atoms with Crippen LogP contribution in [-0.2, 0) is 0 Å². The van der Waals surface area contributed by atoms with Crippen LogP contribution in [0.3, 0.4) is 0 Å². The van der Waals surface area contributed by atoms with Gasteiger partial charge in [-0.3, -0.25) is 4.99 Å². The van der Waals surface area contributed by atoms with Crippen LogP contribution in [0, 0.1) is 11.3 Å². The second kappa shape index (κ2) is 2.27. The first-order valence-electron chi connectivity index (χ1n) is 2.54. The van der Waals surface area contributed by atoms with Crippen LogP contribution in [0.1, 0.15) is 6.42 Å². The molecule has 8 heavy (non-hydrogen) atoms. The lowest BCUT2D eigenvalue weighted by molar-refractivity contribution is 0.996. The summed E-state index contributed by atoms with van der Waals surface area (Å²) in [5.41, 5.74) is 0.552. The largest absolute Gasteiger partial charge is 0.274 e. The fourth-order valence-corrected chi connectivity index (χ4v) is 0.580. The summed E-state index contributed by atoms with van der Waals surface area (Å²) < 4.78 is 0. The molecule has 0 aliphatic carbocycles. The predicted molar refractivity (Wildman–Crippen MR) is 31.7 cm³/mol. The Labute approximate surface area is 48.2 Å². The van der Waals surface area contributed by atoms with Gasteiger partial charge in [-0.05, 0) is 12.5 Å². The van der Waals surface area contributed by atoms with Crippen molar-refractivity contribution < 1.29 is 0 Å². The molecule has 0 aromatic carbocycles. The van der Waals surface area contributed by atoms with Crippen LogP contribution in [0.25, 0.3) is 0 Å². The molecule has 0 fully saturated rings. The number of dihydropyridines is 1. The quantitative estimate of drug-likeness (QED) is 0.452. The zero-order chi connectivity index (χ0) is 5.82. The Balaban J connectivity index is 2.68. The maximum atomic E-state index is 8.26. The van der Waals surface area contributed by atoms with Gasteiger partial charge in [0.25, 0.3) is 0 Å². The lowest BCUT2D eigenvalue weighted by Gasteiger charge is -1.94. The van der Waals surface area contributed by atoms with Crippen LogP contribution in [0.5, 0.6) is 0 Å². The minimum Gasteiger partial charge on any atom is -0.274 e. The Hall–Kier alpha value is -1.10. The average Bonchev–Trinajstić information content (AvgIpc) is 1.90. The highest BCUT2D eigenvalue weighted by Crippen LogP contribution is 1.93. The Kier molecular flexibility index (Phi) is 1.43. The number of hydrogen-bond acceptors (Lipinski definition) is 2. The lowest BCUT2D eigenvalue weighted by atomic mass is 10.2. The summed E-state index contributed by atoms with van der Waals surface area (Å²) >= 11 is 0. The molecule has 0 atom stereocenters. The van der Waals surface area contributed by atoms with Gasteiger partial charge in [-0.1, -0.05) is 6.08 Å². The fraction of sp³-hybridized carbons (Fsp3) is 0.333. The van der Waals surface area contributed by atoms with Gasteiger partial charge in [0.2, 0.25) is 0 Å². The third kappa shape index (κ3) is 0.941. The number of hydrogen-bond donors (Lipinski definition) is 0. The maximum Gasteiger partial charge on any atom is 0.134 e. The highest BCUT2D eigenvalue weighted by atomic mass is 14.7. The van der Waals surface area contributed by atoms with Crippen LogP contribution in [0.2, 0.25) is 0 Å². The standard InChI is InChI=1S/C6H6N2/c7-5-6-3-1-2-4-8-6/h1,3H,2,4H2. The monoisotopic (exact) mass is 106 g/mol. The van der Waals surface area contributed by atoms with E-state index < -0.39 is 0 Å². The van der Waals surface area contributed by atoms with E-state index in [0.29, 0.717) is 5.71 Å². The van der Waals surface area contributed by atoms with Crippen molar-refractivity contribution in [3.05, 3.63) is 12.2 Å². The second-order valence-electron chi connectivity index (χ2n) is 1.57. The van der Waals surface area contributed by atoms with E-state index in [4.69, 9.17) is 5.26 Å². The number of allylic oxidation sites excluding steroid dienone is 1. The number of aliphatic imine (C=N–C) groups is 1. The van der Waals surface area contributed by atoms with Gasteiger partial charge in [-0.2, -0.15) is 5.26 Å². The van der Waals surface area contributed by atoms with Gasteiger partial charge in [-0.25, -0.2) is 0 Å². The summed E-state index contributed by atoms with van der Waals surface area (Å²) in [6.07, 6.45) is 4.69. The molecule has 0 amide bonds. The van der Waals surface area contributed by atoms with E-state index in [2.05, 4.69) is 4.99 Å². The van der Waals surface area contributed by atoms with E-state index in [-0.39, 0.29) is 0 Å². The van der Waals surface area contributed by atoms with Gasteiger partial charge in [0.1, 0.15) is 11.8 Å². The Bertz CT molecular complexity index is 171. The summed E-state index contributed by atoms with van der Waals surface area (Å²) in [5, 5.41) is 8.26. The molecule has 2 heteroatoms. The van der Waals surface area contributed by atoms with Crippen LogP contribution >= 0.6 is 0 Å². The molecule has 1 aliphatic heterocycles. The molecule has 1 rings (SSSR count). The second-order valence-corrected chi connectivity index (χ2v) is 1.57. The highest BCUT2D eigenvalue weighted by molar-refractivity contribution is 6.07. The molecule has 0 unspecified atom stereocenters. The van der Waals surface area contributed by atoms with Gasteiger partial charge in [0.05, 0.1) is 0 Å². The SMILES string of the molecule is N#CC1=NCCC=C1. The van der Waals surface area contributed by atoms with E-state index >= 15 is 0 Å². The van der Waals surface area contributed by atoms with Crippen molar-refractivity contribution in [1.82, 2.24) is 0 Å². The molecule has 1 aliphatic rings. The molecule has 40 valence electrons. The van der Waals surface area contributed by atoms with E-state index in [1.165, 1.54) is 0 Å². The minimum atomic E-state index is 0.552. The molecule has 0 N–H and O–H groups in total. The van der Waals surface area contributed by atoms with Gasteiger partial charge in [0, 0.05) is 6.54 Å². The molecule has 0 saturated carbocycles. The van der Waals surface area contributed by atoms with Crippen LogP contribution < -0.4 is 0 Å².